The Morgan fingerprint density at radius 2 is 1.40 bits per heavy atom. The molecule has 8 rings (SSSR count). The fourth-order valence-corrected chi connectivity index (χ4v) is 8.89. The Morgan fingerprint density at radius 1 is 0.681 bits per heavy atom. The Labute approximate surface area is 280 Å². The minimum absolute atomic E-state index is 0.150. The molecule has 4 aromatic rings. The predicted molar refractivity (Wildman–Crippen MR) is 193 cm³/mol. The molecule has 2 saturated heterocycles. The number of carbonyl (C=O) groups excluding carboxylic acids is 1. The van der Waals surface area contributed by atoms with E-state index in [1.54, 1.807) is 0 Å². The van der Waals surface area contributed by atoms with E-state index in [1.165, 1.54) is 70.6 Å². The molecule has 2 unspecified atom stereocenters. The molecule has 1 amide bonds. The van der Waals surface area contributed by atoms with Gasteiger partial charge in [-0.15, -0.1) is 0 Å². The van der Waals surface area contributed by atoms with E-state index in [4.69, 9.17) is 0 Å². The molecule has 0 N–H and O–H groups in total. The number of rotatable bonds is 6. The van der Waals surface area contributed by atoms with Crippen molar-refractivity contribution < 1.29 is 4.79 Å². The number of piperidine rings is 1. The molecule has 0 saturated carbocycles. The lowest BCUT2D eigenvalue weighted by Crippen LogP contribution is -2.49. The first kappa shape index (κ1) is 30.3. The molecule has 0 aromatic heterocycles. The van der Waals surface area contributed by atoms with Crippen LogP contribution >= 0.6 is 0 Å². The molecule has 0 bridgehead atoms. The van der Waals surface area contributed by atoms with Gasteiger partial charge in [-0.1, -0.05) is 66.2 Å². The first-order valence-corrected chi connectivity index (χ1v) is 17.8. The number of piperazine rings is 1. The van der Waals surface area contributed by atoms with Gasteiger partial charge >= 0.3 is 0 Å². The zero-order chi connectivity index (χ0) is 31.9. The molecule has 242 valence electrons. The summed E-state index contributed by atoms with van der Waals surface area (Å²) in [6.07, 6.45) is 4.88. The molecule has 3 heterocycles. The van der Waals surface area contributed by atoms with Crippen LogP contribution in [0.3, 0.4) is 0 Å². The van der Waals surface area contributed by atoms with E-state index in [-0.39, 0.29) is 5.91 Å². The minimum atomic E-state index is 0.150. The third kappa shape index (κ3) is 6.07. The van der Waals surface area contributed by atoms with Gasteiger partial charge in [-0.25, -0.2) is 0 Å². The third-order valence-electron chi connectivity index (χ3n) is 11.5. The van der Waals surface area contributed by atoms with Gasteiger partial charge < -0.3 is 14.7 Å². The van der Waals surface area contributed by atoms with Crippen LogP contribution in [0.1, 0.15) is 74.8 Å². The highest BCUT2D eigenvalue weighted by Gasteiger charge is 2.32. The first-order chi connectivity index (χ1) is 23.0. The number of aryl methyl sites for hydroxylation is 2. The van der Waals surface area contributed by atoms with Crippen molar-refractivity contribution in [1.82, 2.24) is 9.80 Å². The third-order valence-corrected chi connectivity index (χ3v) is 11.5. The van der Waals surface area contributed by atoms with Crippen molar-refractivity contribution in [1.29, 1.82) is 0 Å². The average molecular weight is 625 g/mol. The predicted octanol–water partition coefficient (Wildman–Crippen LogP) is 7.48. The Kier molecular flexibility index (Phi) is 8.27. The van der Waals surface area contributed by atoms with Crippen molar-refractivity contribution >= 4 is 17.3 Å². The molecule has 0 spiro atoms. The minimum Gasteiger partial charge on any atom is -0.372 e. The molecule has 4 aromatic carbocycles. The summed E-state index contributed by atoms with van der Waals surface area (Å²) in [5.74, 6) is 1.83. The molecule has 2 fully saturated rings. The van der Waals surface area contributed by atoms with Crippen LogP contribution in [0.4, 0.5) is 11.4 Å². The van der Waals surface area contributed by atoms with Gasteiger partial charge in [-0.05, 0) is 103 Å². The molecular formula is C42H48N4O. The second kappa shape index (κ2) is 12.8. The maximum atomic E-state index is 12.3. The Bertz CT molecular complexity index is 1720. The number of carbonyl (C=O) groups is 1. The van der Waals surface area contributed by atoms with E-state index < -0.39 is 0 Å². The van der Waals surface area contributed by atoms with Gasteiger partial charge in [-0.2, -0.15) is 0 Å². The number of amides is 1. The van der Waals surface area contributed by atoms with Crippen LogP contribution in [0.15, 0.2) is 91.0 Å². The maximum Gasteiger partial charge on any atom is 0.254 e. The van der Waals surface area contributed by atoms with Crippen molar-refractivity contribution in [3.63, 3.8) is 0 Å². The van der Waals surface area contributed by atoms with Crippen LogP contribution in [-0.2, 0) is 13.0 Å². The normalized spacial score (nSPS) is 22.0. The van der Waals surface area contributed by atoms with Gasteiger partial charge in [0, 0.05) is 82.3 Å². The summed E-state index contributed by atoms with van der Waals surface area (Å²) in [5, 5.41) is 0. The lowest BCUT2D eigenvalue weighted by molar-refractivity contribution is 0.0816. The van der Waals surface area contributed by atoms with Crippen LogP contribution in [0.25, 0.3) is 0 Å². The van der Waals surface area contributed by atoms with Crippen molar-refractivity contribution in [3.05, 3.63) is 130 Å². The summed E-state index contributed by atoms with van der Waals surface area (Å²) in [4.78, 5) is 21.9. The summed E-state index contributed by atoms with van der Waals surface area (Å²) < 4.78 is 0. The number of hydrogen-bond donors (Lipinski definition) is 0. The molecule has 0 radical (unpaired) electrons. The van der Waals surface area contributed by atoms with Crippen molar-refractivity contribution in [3.8, 4) is 0 Å². The van der Waals surface area contributed by atoms with E-state index >= 15 is 0 Å². The maximum absolute atomic E-state index is 12.3. The van der Waals surface area contributed by atoms with Crippen molar-refractivity contribution in [2.45, 2.75) is 51.0 Å². The van der Waals surface area contributed by atoms with Gasteiger partial charge in [0.2, 0.25) is 0 Å². The number of nitrogens with zero attached hydrogens (tertiary/aromatic N) is 4. The zero-order valence-corrected chi connectivity index (χ0v) is 28.1. The number of fused-ring (bicyclic) bond motifs is 2. The number of hydrogen-bond acceptors (Lipinski definition) is 4. The summed E-state index contributed by atoms with van der Waals surface area (Å²) in [6.45, 7) is 10.8. The van der Waals surface area contributed by atoms with Gasteiger partial charge in [0.25, 0.3) is 5.91 Å². The molecule has 5 heteroatoms. The Hall–Kier alpha value is -4.09. The Morgan fingerprint density at radius 3 is 2.17 bits per heavy atom. The molecule has 3 aliphatic heterocycles. The first-order valence-electron chi connectivity index (χ1n) is 17.8. The summed E-state index contributed by atoms with van der Waals surface area (Å²) in [5.41, 5.74) is 12.0. The van der Waals surface area contributed by atoms with Gasteiger partial charge in [0.15, 0.2) is 0 Å². The van der Waals surface area contributed by atoms with Crippen molar-refractivity contribution in [2.24, 2.45) is 5.92 Å². The van der Waals surface area contributed by atoms with E-state index in [9.17, 15) is 4.79 Å². The molecule has 5 nitrogen and oxygen atoms in total. The van der Waals surface area contributed by atoms with Crippen LogP contribution in [0.2, 0.25) is 0 Å². The number of anilines is 2. The molecule has 2 atom stereocenters. The fraction of sp³-hybridized carbons (Fsp3) is 0.405. The SMILES string of the molecule is Cc1ccc2c(c1)CCC(c1ccccc1)C2c1ccc(N2CCC(CN3CCN(c4ccc5c(c4)CN(C)C5=O)CC3)CC2)cc1. The van der Waals surface area contributed by atoms with Crippen molar-refractivity contribution in [2.75, 3.05) is 62.7 Å². The molecule has 47 heavy (non-hydrogen) atoms. The highest BCUT2D eigenvalue weighted by Crippen LogP contribution is 2.46. The monoisotopic (exact) mass is 624 g/mol. The quantitative estimate of drug-likeness (QED) is 0.223. The largest absolute Gasteiger partial charge is 0.372 e. The van der Waals surface area contributed by atoms with Gasteiger partial charge in [-0.3, -0.25) is 9.69 Å². The van der Waals surface area contributed by atoms with E-state index in [1.807, 2.05) is 18.0 Å². The van der Waals surface area contributed by atoms with Gasteiger partial charge in [0.1, 0.15) is 0 Å². The summed E-state index contributed by atoms with van der Waals surface area (Å²) in [6, 6.07) is 34.4. The molecule has 4 aliphatic rings. The zero-order valence-electron chi connectivity index (χ0n) is 28.1. The lowest BCUT2D eigenvalue weighted by atomic mass is 9.69. The lowest BCUT2D eigenvalue weighted by Gasteiger charge is -2.40. The second-order valence-electron chi connectivity index (χ2n) is 14.5. The summed E-state index contributed by atoms with van der Waals surface area (Å²) in [7, 11) is 1.89. The standard InChI is InChI=1S/C42H48N4O/c1-30-8-15-39-34(26-30)11-16-38(32-6-4-3-5-7-32)41(39)33-9-12-36(13-10-33)45-20-18-31(19-21-45)28-44-22-24-46(25-23-44)37-14-17-40-35(27-37)29-43(2)42(40)47/h3-10,12-15,17,26-27,31,38,41H,11,16,18-25,28-29H2,1-2H3. The van der Waals surface area contributed by atoms with Crippen LogP contribution < -0.4 is 9.80 Å². The topological polar surface area (TPSA) is 30.0 Å². The summed E-state index contributed by atoms with van der Waals surface area (Å²) >= 11 is 0. The highest BCUT2D eigenvalue weighted by atomic mass is 16.2. The average Bonchev–Trinajstić information content (AvgIpc) is 3.40. The molecule has 1 aliphatic carbocycles. The van der Waals surface area contributed by atoms with E-state index in [0.29, 0.717) is 11.8 Å². The highest BCUT2D eigenvalue weighted by molar-refractivity contribution is 5.98. The van der Waals surface area contributed by atoms with E-state index in [0.717, 1.165) is 63.7 Å². The number of benzene rings is 4. The van der Waals surface area contributed by atoms with Crippen LogP contribution in [0, 0.1) is 12.8 Å². The van der Waals surface area contributed by atoms with Crippen LogP contribution in [-0.4, -0.2) is 68.6 Å². The Balaban J connectivity index is 0.872. The smallest absolute Gasteiger partial charge is 0.254 e. The fourth-order valence-electron chi connectivity index (χ4n) is 8.89. The van der Waals surface area contributed by atoms with Gasteiger partial charge in [0.05, 0.1) is 0 Å². The van der Waals surface area contributed by atoms with Crippen LogP contribution in [0.5, 0.6) is 0 Å². The van der Waals surface area contributed by atoms with E-state index in [2.05, 4.69) is 107 Å². The molecular weight excluding hydrogens is 576 g/mol. The second-order valence-corrected chi connectivity index (χ2v) is 14.5.